The summed E-state index contributed by atoms with van der Waals surface area (Å²) < 4.78 is 15.9. The Labute approximate surface area is 154 Å². The number of nitro benzene ring substituents is 1. The average molecular weight is 374 g/mol. The predicted molar refractivity (Wildman–Crippen MR) is 94.2 cm³/mol. The highest BCUT2D eigenvalue weighted by molar-refractivity contribution is 5.96. The summed E-state index contributed by atoms with van der Waals surface area (Å²) in [5.41, 5.74) is 0.327. The minimum absolute atomic E-state index is 0.0478. The number of nitrogens with one attached hydrogen (secondary N) is 1. The zero-order valence-corrected chi connectivity index (χ0v) is 14.5. The second-order valence-corrected chi connectivity index (χ2v) is 5.90. The standard InChI is InChI=1S/C18H18N2O7/c1-11-14(3-2-4-15(11)20(23)24)18(22)19-8-12(21)9-25-13-5-6-16-17(7-13)27-10-26-16/h2-7,12,21H,8-10H2,1H3,(H,19,22). The molecule has 0 fully saturated rings. The van der Waals surface area contributed by atoms with Crippen molar-refractivity contribution in [1.82, 2.24) is 5.32 Å². The Balaban J connectivity index is 1.52. The summed E-state index contributed by atoms with van der Waals surface area (Å²) in [5.74, 6) is 1.19. The lowest BCUT2D eigenvalue weighted by Gasteiger charge is -2.14. The van der Waals surface area contributed by atoms with Crippen LogP contribution in [0.15, 0.2) is 36.4 Å². The Hall–Kier alpha value is -3.33. The molecule has 0 radical (unpaired) electrons. The fraction of sp³-hybridized carbons (Fsp3) is 0.278. The maximum Gasteiger partial charge on any atom is 0.273 e. The number of hydrogen-bond acceptors (Lipinski definition) is 7. The Bertz CT molecular complexity index is 869. The first kappa shape index (κ1) is 18.5. The minimum Gasteiger partial charge on any atom is -0.491 e. The van der Waals surface area contributed by atoms with Gasteiger partial charge in [0.25, 0.3) is 11.6 Å². The van der Waals surface area contributed by atoms with Gasteiger partial charge in [-0.2, -0.15) is 0 Å². The van der Waals surface area contributed by atoms with Crippen LogP contribution in [0.25, 0.3) is 0 Å². The van der Waals surface area contributed by atoms with Crippen LogP contribution < -0.4 is 19.5 Å². The van der Waals surface area contributed by atoms with Gasteiger partial charge < -0.3 is 24.6 Å². The normalized spacial score (nSPS) is 13.1. The first-order valence-corrected chi connectivity index (χ1v) is 8.18. The number of nitrogens with zero attached hydrogens (tertiary/aromatic N) is 1. The second kappa shape index (κ2) is 7.92. The highest BCUT2D eigenvalue weighted by Crippen LogP contribution is 2.35. The zero-order chi connectivity index (χ0) is 19.4. The molecule has 3 rings (SSSR count). The van der Waals surface area contributed by atoms with Crippen molar-refractivity contribution in [1.29, 1.82) is 0 Å². The number of amides is 1. The molecule has 1 aliphatic rings. The van der Waals surface area contributed by atoms with Gasteiger partial charge in [0.1, 0.15) is 18.5 Å². The van der Waals surface area contributed by atoms with E-state index in [0.29, 0.717) is 17.2 Å². The van der Waals surface area contributed by atoms with Gasteiger partial charge in [-0.05, 0) is 25.1 Å². The molecule has 1 heterocycles. The van der Waals surface area contributed by atoms with Crippen LogP contribution in [-0.4, -0.2) is 42.0 Å². The van der Waals surface area contributed by atoms with Crippen LogP contribution in [0.5, 0.6) is 17.2 Å². The van der Waals surface area contributed by atoms with Gasteiger partial charge in [-0.3, -0.25) is 14.9 Å². The van der Waals surface area contributed by atoms with E-state index in [1.54, 1.807) is 18.2 Å². The summed E-state index contributed by atoms with van der Waals surface area (Å²) in [5, 5.41) is 23.5. The zero-order valence-electron chi connectivity index (χ0n) is 14.5. The van der Waals surface area contributed by atoms with Crippen LogP contribution in [0.3, 0.4) is 0 Å². The average Bonchev–Trinajstić information content (AvgIpc) is 3.12. The molecule has 27 heavy (non-hydrogen) atoms. The second-order valence-electron chi connectivity index (χ2n) is 5.90. The summed E-state index contributed by atoms with van der Waals surface area (Å²) in [7, 11) is 0. The smallest absolute Gasteiger partial charge is 0.273 e. The van der Waals surface area contributed by atoms with E-state index in [4.69, 9.17) is 14.2 Å². The van der Waals surface area contributed by atoms with E-state index >= 15 is 0 Å². The van der Waals surface area contributed by atoms with Gasteiger partial charge in [0.15, 0.2) is 11.5 Å². The molecule has 0 saturated carbocycles. The number of carbonyl (C=O) groups excluding carboxylic acids is 1. The van der Waals surface area contributed by atoms with Crippen molar-refractivity contribution in [3.63, 3.8) is 0 Å². The van der Waals surface area contributed by atoms with Gasteiger partial charge >= 0.3 is 0 Å². The fourth-order valence-electron chi connectivity index (χ4n) is 2.59. The number of hydrogen-bond donors (Lipinski definition) is 2. The number of fused-ring (bicyclic) bond motifs is 1. The van der Waals surface area contributed by atoms with E-state index in [9.17, 15) is 20.0 Å². The van der Waals surface area contributed by atoms with Crippen molar-refractivity contribution < 1.29 is 29.0 Å². The van der Waals surface area contributed by atoms with Crippen LogP contribution >= 0.6 is 0 Å². The van der Waals surface area contributed by atoms with Crippen LogP contribution in [0.2, 0.25) is 0 Å². The van der Waals surface area contributed by atoms with E-state index in [2.05, 4.69) is 5.32 Å². The Morgan fingerprint density at radius 2 is 2.11 bits per heavy atom. The molecule has 0 aliphatic carbocycles. The molecule has 1 atom stereocenters. The number of aliphatic hydroxyl groups excluding tert-OH is 1. The van der Waals surface area contributed by atoms with Crippen LogP contribution in [-0.2, 0) is 0 Å². The maximum atomic E-state index is 12.2. The molecule has 2 aromatic rings. The third-order valence-electron chi connectivity index (χ3n) is 4.03. The Morgan fingerprint density at radius 1 is 1.33 bits per heavy atom. The van der Waals surface area contributed by atoms with Crippen molar-refractivity contribution in [3.05, 3.63) is 57.6 Å². The summed E-state index contributed by atoms with van der Waals surface area (Å²) in [6.07, 6.45) is -0.960. The van der Waals surface area contributed by atoms with Crippen molar-refractivity contribution in [3.8, 4) is 17.2 Å². The van der Waals surface area contributed by atoms with Gasteiger partial charge in [0.05, 0.1) is 4.92 Å². The summed E-state index contributed by atoms with van der Waals surface area (Å²) >= 11 is 0. The molecule has 0 saturated heterocycles. The molecule has 0 bridgehead atoms. The van der Waals surface area contributed by atoms with Gasteiger partial charge in [0.2, 0.25) is 6.79 Å². The highest BCUT2D eigenvalue weighted by atomic mass is 16.7. The molecule has 1 aliphatic heterocycles. The van der Waals surface area contributed by atoms with Crippen molar-refractivity contribution in [2.75, 3.05) is 19.9 Å². The number of ether oxygens (including phenoxy) is 3. The molecule has 0 aromatic heterocycles. The minimum atomic E-state index is -0.960. The molecule has 0 spiro atoms. The number of benzene rings is 2. The van der Waals surface area contributed by atoms with Crippen molar-refractivity contribution in [2.24, 2.45) is 0 Å². The van der Waals surface area contributed by atoms with Gasteiger partial charge in [-0.1, -0.05) is 6.07 Å². The van der Waals surface area contributed by atoms with E-state index in [1.165, 1.54) is 25.1 Å². The molecule has 1 amide bonds. The molecule has 9 nitrogen and oxygen atoms in total. The Kier molecular flexibility index (Phi) is 5.41. The molecular weight excluding hydrogens is 356 g/mol. The van der Waals surface area contributed by atoms with E-state index in [1.807, 2.05) is 0 Å². The summed E-state index contributed by atoms with van der Waals surface area (Å²) in [4.78, 5) is 22.6. The molecule has 142 valence electrons. The predicted octanol–water partition coefficient (Wildman–Crippen LogP) is 1.80. The lowest BCUT2D eigenvalue weighted by Crippen LogP contribution is -2.35. The third kappa shape index (κ3) is 4.26. The fourth-order valence-corrected chi connectivity index (χ4v) is 2.59. The van der Waals surface area contributed by atoms with Crippen LogP contribution in [0.1, 0.15) is 15.9 Å². The number of nitro groups is 1. The van der Waals surface area contributed by atoms with Gasteiger partial charge in [-0.15, -0.1) is 0 Å². The van der Waals surface area contributed by atoms with Crippen LogP contribution in [0.4, 0.5) is 5.69 Å². The number of aliphatic hydroxyl groups is 1. The third-order valence-corrected chi connectivity index (χ3v) is 4.03. The SMILES string of the molecule is Cc1c(C(=O)NCC(O)COc2ccc3c(c2)OCO3)cccc1[N+](=O)[O-]. The highest BCUT2D eigenvalue weighted by Gasteiger charge is 2.19. The summed E-state index contributed by atoms with van der Waals surface area (Å²) in [6, 6.07) is 9.31. The largest absolute Gasteiger partial charge is 0.491 e. The molecule has 9 heteroatoms. The van der Waals surface area contributed by atoms with Gasteiger partial charge in [-0.25, -0.2) is 0 Å². The molecule has 2 N–H and O–H groups in total. The monoisotopic (exact) mass is 374 g/mol. The van der Waals surface area contributed by atoms with Crippen molar-refractivity contribution in [2.45, 2.75) is 13.0 Å². The lowest BCUT2D eigenvalue weighted by molar-refractivity contribution is -0.385. The van der Waals surface area contributed by atoms with Gasteiger partial charge in [0, 0.05) is 29.8 Å². The summed E-state index contributed by atoms with van der Waals surface area (Å²) in [6.45, 7) is 1.55. The molecule has 1 unspecified atom stereocenters. The van der Waals surface area contributed by atoms with E-state index in [0.717, 1.165) is 0 Å². The number of rotatable bonds is 7. The first-order valence-electron chi connectivity index (χ1n) is 8.18. The maximum absolute atomic E-state index is 12.2. The van der Waals surface area contributed by atoms with E-state index in [-0.39, 0.29) is 36.8 Å². The Morgan fingerprint density at radius 3 is 2.89 bits per heavy atom. The molecular formula is C18H18N2O7. The molecule has 2 aromatic carbocycles. The van der Waals surface area contributed by atoms with Crippen molar-refractivity contribution >= 4 is 11.6 Å². The lowest BCUT2D eigenvalue weighted by atomic mass is 10.1. The number of carbonyl (C=O) groups is 1. The van der Waals surface area contributed by atoms with E-state index < -0.39 is 16.9 Å². The topological polar surface area (TPSA) is 120 Å². The van der Waals surface area contributed by atoms with Crippen LogP contribution in [0, 0.1) is 17.0 Å². The quantitative estimate of drug-likeness (QED) is 0.560. The first-order chi connectivity index (χ1) is 13.0.